The van der Waals surface area contributed by atoms with Crippen molar-refractivity contribution in [2.75, 3.05) is 19.5 Å². The number of hydrogen-bond donors (Lipinski definition) is 1. The monoisotopic (exact) mass is 427 g/mol. The number of benzene rings is 3. The first-order valence-electron chi connectivity index (χ1n) is 10.2. The van der Waals surface area contributed by atoms with Gasteiger partial charge in [0.15, 0.2) is 17.1 Å². The smallest absolute Gasteiger partial charge is 0.348 e. The van der Waals surface area contributed by atoms with E-state index in [1.807, 2.05) is 60.7 Å². The third-order valence-electron chi connectivity index (χ3n) is 5.41. The van der Waals surface area contributed by atoms with Gasteiger partial charge in [-0.2, -0.15) is 0 Å². The van der Waals surface area contributed by atoms with Crippen LogP contribution in [0.15, 0.2) is 86.4 Å². The lowest BCUT2D eigenvalue weighted by molar-refractivity contribution is 0.355. The topological polar surface area (TPSA) is 73.8 Å². The Morgan fingerprint density at radius 2 is 1.59 bits per heavy atom. The van der Waals surface area contributed by atoms with Crippen LogP contribution in [0, 0.1) is 0 Å². The van der Waals surface area contributed by atoms with Gasteiger partial charge in [-0.3, -0.25) is 0 Å². The fourth-order valence-electron chi connectivity index (χ4n) is 3.88. The van der Waals surface area contributed by atoms with Crippen LogP contribution in [-0.4, -0.2) is 14.2 Å². The van der Waals surface area contributed by atoms with E-state index in [-0.39, 0.29) is 0 Å². The van der Waals surface area contributed by atoms with Crippen LogP contribution in [0.5, 0.6) is 11.5 Å². The molecule has 0 unspecified atom stereocenters. The second-order valence-electron chi connectivity index (χ2n) is 7.30. The fourth-order valence-corrected chi connectivity index (χ4v) is 3.88. The van der Waals surface area contributed by atoms with Crippen LogP contribution in [0.3, 0.4) is 0 Å². The van der Waals surface area contributed by atoms with Gasteiger partial charge in [0.05, 0.1) is 25.2 Å². The van der Waals surface area contributed by atoms with Crippen molar-refractivity contribution < 1.29 is 18.3 Å². The number of rotatable bonds is 6. The average Bonchev–Trinajstić information content (AvgIpc) is 3.23. The van der Waals surface area contributed by atoms with Gasteiger partial charge < -0.3 is 23.6 Å². The van der Waals surface area contributed by atoms with Gasteiger partial charge in [0.2, 0.25) is 5.88 Å². The van der Waals surface area contributed by atoms with Crippen molar-refractivity contribution in [1.29, 1.82) is 0 Å². The first-order chi connectivity index (χ1) is 15.7. The summed E-state index contributed by atoms with van der Waals surface area (Å²) in [6.45, 7) is 0.532. The van der Waals surface area contributed by atoms with E-state index in [1.165, 1.54) is 0 Å². The Bertz CT molecular complexity index is 1470. The standard InChI is InChI=1S/C26H21NO5/c1-29-20-13-12-17(14-21(20)30-2)22-23-24(18-10-6-7-11-19(18)31-26(23)28)32-25(22)27-15-16-8-4-3-5-9-16/h3-14,27H,15H2,1-2H3. The molecule has 1 N–H and O–H groups in total. The lowest BCUT2D eigenvalue weighted by atomic mass is 10.0. The van der Waals surface area contributed by atoms with Crippen LogP contribution < -0.4 is 20.4 Å². The number of methoxy groups -OCH3 is 2. The zero-order valence-electron chi connectivity index (χ0n) is 17.7. The Kier molecular flexibility index (Phi) is 5.03. The molecule has 160 valence electrons. The average molecular weight is 427 g/mol. The molecule has 3 aromatic carbocycles. The molecule has 2 aromatic heterocycles. The Labute approximate surface area is 184 Å². The van der Waals surface area contributed by atoms with Gasteiger partial charge in [-0.1, -0.05) is 48.5 Å². The zero-order chi connectivity index (χ0) is 22.1. The van der Waals surface area contributed by atoms with Crippen LogP contribution >= 0.6 is 0 Å². The molecule has 0 fully saturated rings. The van der Waals surface area contributed by atoms with Crippen molar-refractivity contribution in [1.82, 2.24) is 0 Å². The molecule has 32 heavy (non-hydrogen) atoms. The summed E-state index contributed by atoms with van der Waals surface area (Å²) in [6, 6.07) is 22.8. The molecule has 0 radical (unpaired) electrons. The van der Waals surface area contributed by atoms with Crippen LogP contribution in [0.25, 0.3) is 33.1 Å². The molecule has 0 amide bonds. The zero-order valence-corrected chi connectivity index (χ0v) is 17.7. The highest BCUT2D eigenvalue weighted by Crippen LogP contribution is 2.42. The van der Waals surface area contributed by atoms with Crippen molar-refractivity contribution in [2.45, 2.75) is 6.54 Å². The van der Waals surface area contributed by atoms with Gasteiger partial charge in [-0.15, -0.1) is 0 Å². The van der Waals surface area contributed by atoms with E-state index in [2.05, 4.69) is 5.32 Å². The molecule has 0 bridgehead atoms. The number of anilines is 1. The summed E-state index contributed by atoms with van der Waals surface area (Å²) >= 11 is 0. The van der Waals surface area contributed by atoms with Crippen molar-refractivity contribution in [3.63, 3.8) is 0 Å². The summed E-state index contributed by atoms with van der Waals surface area (Å²) in [7, 11) is 3.16. The van der Waals surface area contributed by atoms with Gasteiger partial charge in [0, 0.05) is 6.54 Å². The van der Waals surface area contributed by atoms with E-state index in [0.717, 1.165) is 16.5 Å². The first kappa shape index (κ1) is 19.8. The van der Waals surface area contributed by atoms with Crippen LogP contribution in [0.4, 0.5) is 5.88 Å². The van der Waals surface area contributed by atoms with Crippen molar-refractivity contribution >= 4 is 27.8 Å². The highest BCUT2D eigenvalue weighted by molar-refractivity contribution is 6.09. The van der Waals surface area contributed by atoms with Crippen molar-refractivity contribution in [2.24, 2.45) is 0 Å². The molecular weight excluding hydrogens is 406 g/mol. The van der Waals surface area contributed by atoms with Crippen molar-refractivity contribution in [3.05, 3.63) is 88.8 Å². The van der Waals surface area contributed by atoms with Crippen molar-refractivity contribution in [3.8, 4) is 22.6 Å². The van der Waals surface area contributed by atoms with E-state index in [0.29, 0.717) is 46.0 Å². The van der Waals surface area contributed by atoms with Crippen LogP contribution in [0.1, 0.15) is 5.56 Å². The maximum atomic E-state index is 13.0. The van der Waals surface area contributed by atoms with E-state index < -0.39 is 5.63 Å². The molecular formula is C26H21NO5. The Balaban J connectivity index is 1.75. The van der Waals surface area contributed by atoms with Gasteiger partial charge in [0.25, 0.3) is 0 Å². The molecule has 0 aliphatic heterocycles. The third-order valence-corrected chi connectivity index (χ3v) is 5.41. The quantitative estimate of drug-likeness (QED) is 0.344. The summed E-state index contributed by atoms with van der Waals surface area (Å²) in [5, 5.41) is 4.47. The Hall–Kier alpha value is -4.19. The second kappa shape index (κ2) is 8.15. The molecule has 0 aliphatic rings. The maximum Gasteiger partial charge on any atom is 0.348 e. The SMILES string of the molecule is COc1ccc(-c2c(NCc3ccccc3)oc3c2c(=O)oc2ccccc23)cc1OC. The molecule has 0 aliphatic carbocycles. The number of ether oxygens (including phenoxy) is 2. The molecule has 5 aromatic rings. The Morgan fingerprint density at radius 3 is 2.38 bits per heavy atom. The number of para-hydroxylation sites is 1. The van der Waals surface area contributed by atoms with E-state index in [4.69, 9.17) is 18.3 Å². The molecule has 0 saturated carbocycles. The highest BCUT2D eigenvalue weighted by atomic mass is 16.5. The number of fused-ring (bicyclic) bond motifs is 3. The maximum absolute atomic E-state index is 13.0. The fraction of sp³-hybridized carbons (Fsp3) is 0.115. The lowest BCUT2D eigenvalue weighted by Crippen LogP contribution is -2.02. The minimum atomic E-state index is -0.458. The Morgan fingerprint density at radius 1 is 0.844 bits per heavy atom. The largest absolute Gasteiger partial charge is 0.493 e. The van der Waals surface area contributed by atoms with Gasteiger partial charge in [-0.05, 0) is 35.4 Å². The van der Waals surface area contributed by atoms with Gasteiger partial charge >= 0.3 is 5.63 Å². The van der Waals surface area contributed by atoms with E-state index >= 15 is 0 Å². The summed E-state index contributed by atoms with van der Waals surface area (Å²) in [6.07, 6.45) is 0. The molecule has 5 rings (SSSR count). The highest BCUT2D eigenvalue weighted by Gasteiger charge is 2.23. The molecule has 2 heterocycles. The normalized spacial score (nSPS) is 11.1. The number of furan rings is 1. The molecule has 0 atom stereocenters. The summed E-state index contributed by atoms with van der Waals surface area (Å²) in [5.74, 6) is 1.64. The summed E-state index contributed by atoms with van der Waals surface area (Å²) in [4.78, 5) is 13.0. The number of hydrogen-bond acceptors (Lipinski definition) is 6. The molecule has 6 heteroatoms. The van der Waals surface area contributed by atoms with Crippen LogP contribution in [0.2, 0.25) is 0 Å². The van der Waals surface area contributed by atoms with Crippen LogP contribution in [-0.2, 0) is 6.54 Å². The predicted molar refractivity (Wildman–Crippen MR) is 125 cm³/mol. The van der Waals surface area contributed by atoms with E-state index in [1.54, 1.807) is 26.4 Å². The van der Waals surface area contributed by atoms with Gasteiger partial charge in [-0.25, -0.2) is 4.79 Å². The summed E-state index contributed by atoms with van der Waals surface area (Å²) < 4.78 is 22.7. The lowest BCUT2D eigenvalue weighted by Gasteiger charge is -2.11. The van der Waals surface area contributed by atoms with Gasteiger partial charge in [0.1, 0.15) is 11.0 Å². The molecule has 6 nitrogen and oxygen atoms in total. The first-order valence-corrected chi connectivity index (χ1v) is 10.2. The molecule has 0 spiro atoms. The predicted octanol–water partition coefficient (Wildman–Crippen LogP) is 5.84. The minimum absolute atomic E-state index is 0.381. The van der Waals surface area contributed by atoms with E-state index in [9.17, 15) is 4.79 Å². The minimum Gasteiger partial charge on any atom is -0.493 e. The number of nitrogens with one attached hydrogen (secondary N) is 1. The molecule has 0 saturated heterocycles. The summed E-state index contributed by atoms with van der Waals surface area (Å²) in [5.41, 5.74) is 2.96. The second-order valence-corrected chi connectivity index (χ2v) is 7.30. The third kappa shape index (κ3) is 3.36.